The summed E-state index contributed by atoms with van der Waals surface area (Å²) in [5.74, 6) is 0.727. The first-order chi connectivity index (χ1) is 12.3. The predicted molar refractivity (Wildman–Crippen MR) is 100 cm³/mol. The lowest BCUT2D eigenvalue weighted by Crippen LogP contribution is -2.01. The number of hydrogen-bond donors (Lipinski definition) is 1. The lowest BCUT2D eigenvalue weighted by atomic mass is 10.3. The zero-order valence-corrected chi connectivity index (χ0v) is 14.6. The standard InChI is InChI=1S/C18H17N5OS/c1-13(14-7-2-4-11-20-14)22-23-18-21-17-15(24-12-5-3-10-19)8-6-9-16(17)25-18/h2,4,6-9,11H,3,5,12H2,1H3,(H,21,23)/b22-13+. The van der Waals surface area contributed by atoms with Gasteiger partial charge in [0.25, 0.3) is 0 Å². The smallest absolute Gasteiger partial charge is 0.204 e. The van der Waals surface area contributed by atoms with Crippen LogP contribution < -0.4 is 10.2 Å². The van der Waals surface area contributed by atoms with Crippen LogP contribution >= 0.6 is 11.3 Å². The number of rotatable bonds is 7. The summed E-state index contributed by atoms with van der Waals surface area (Å²) < 4.78 is 6.77. The van der Waals surface area contributed by atoms with E-state index in [2.05, 4.69) is 26.6 Å². The summed E-state index contributed by atoms with van der Waals surface area (Å²) in [6.07, 6.45) is 2.93. The van der Waals surface area contributed by atoms with Gasteiger partial charge in [-0.2, -0.15) is 10.4 Å². The van der Waals surface area contributed by atoms with Gasteiger partial charge in [0.15, 0.2) is 0 Å². The summed E-state index contributed by atoms with van der Waals surface area (Å²) in [4.78, 5) is 8.83. The van der Waals surface area contributed by atoms with Crippen molar-refractivity contribution in [2.45, 2.75) is 19.8 Å². The summed E-state index contributed by atoms with van der Waals surface area (Å²) in [6, 6.07) is 13.6. The van der Waals surface area contributed by atoms with Gasteiger partial charge in [-0.05, 0) is 37.6 Å². The molecule has 126 valence electrons. The van der Waals surface area contributed by atoms with Crippen molar-refractivity contribution in [1.29, 1.82) is 5.26 Å². The van der Waals surface area contributed by atoms with Crippen molar-refractivity contribution >= 4 is 32.4 Å². The Bertz CT molecular complexity index is 914. The normalized spacial score (nSPS) is 11.3. The zero-order valence-electron chi connectivity index (χ0n) is 13.8. The Labute approximate surface area is 149 Å². The monoisotopic (exact) mass is 351 g/mol. The molecule has 0 aliphatic heterocycles. The van der Waals surface area contributed by atoms with Crippen LogP contribution in [0.25, 0.3) is 10.2 Å². The van der Waals surface area contributed by atoms with Gasteiger partial charge in [-0.25, -0.2) is 4.98 Å². The Hall–Kier alpha value is -2.98. The number of fused-ring (bicyclic) bond motifs is 1. The van der Waals surface area contributed by atoms with Crippen LogP contribution in [0.5, 0.6) is 5.75 Å². The van der Waals surface area contributed by atoms with Crippen LogP contribution in [0.2, 0.25) is 0 Å². The van der Waals surface area contributed by atoms with E-state index >= 15 is 0 Å². The molecule has 0 saturated heterocycles. The highest BCUT2D eigenvalue weighted by Gasteiger charge is 2.09. The molecular formula is C18H17N5OS. The number of ether oxygens (including phenoxy) is 1. The first kappa shape index (κ1) is 16.9. The number of hydrogen-bond acceptors (Lipinski definition) is 7. The molecule has 2 aromatic heterocycles. The summed E-state index contributed by atoms with van der Waals surface area (Å²) in [5.41, 5.74) is 5.40. The van der Waals surface area contributed by atoms with Crippen LogP contribution in [0.1, 0.15) is 25.5 Å². The number of nitrogens with one attached hydrogen (secondary N) is 1. The Morgan fingerprint density at radius 2 is 2.24 bits per heavy atom. The molecule has 0 fully saturated rings. The van der Waals surface area contributed by atoms with Gasteiger partial charge in [0.05, 0.1) is 28.8 Å². The van der Waals surface area contributed by atoms with Gasteiger partial charge in [-0.1, -0.05) is 23.5 Å². The zero-order chi connectivity index (χ0) is 17.5. The third kappa shape index (κ3) is 4.31. The van der Waals surface area contributed by atoms with Crippen molar-refractivity contribution in [1.82, 2.24) is 9.97 Å². The molecule has 25 heavy (non-hydrogen) atoms. The fourth-order valence-electron chi connectivity index (χ4n) is 2.19. The Balaban J connectivity index is 1.74. The minimum atomic E-state index is 0.487. The van der Waals surface area contributed by atoms with Gasteiger partial charge in [0.1, 0.15) is 11.3 Å². The maximum absolute atomic E-state index is 8.58. The molecule has 3 rings (SSSR count). The maximum Gasteiger partial charge on any atom is 0.204 e. The first-order valence-electron chi connectivity index (χ1n) is 7.89. The van der Waals surface area contributed by atoms with E-state index in [1.165, 1.54) is 11.3 Å². The summed E-state index contributed by atoms with van der Waals surface area (Å²) in [7, 11) is 0. The second kappa shape index (κ2) is 8.22. The van der Waals surface area contributed by atoms with E-state index in [1.807, 2.05) is 43.3 Å². The van der Waals surface area contributed by atoms with E-state index in [0.29, 0.717) is 24.6 Å². The van der Waals surface area contributed by atoms with Gasteiger partial charge in [-0.3, -0.25) is 10.4 Å². The molecule has 0 bridgehead atoms. The van der Waals surface area contributed by atoms with Crippen molar-refractivity contribution in [3.05, 3.63) is 48.3 Å². The van der Waals surface area contributed by atoms with Gasteiger partial charge in [0, 0.05) is 12.6 Å². The van der Waals surface area contributed by atoms with E-state index in [4.69, 9.17) is 10.00 Å². The van der Waals surface area contributed by atoms with Gasteiger partial charge in [-0.15, -0.1) is 0 Å². The molecule has 0 amide bonds. The van der Waals surface area contributed by atoms with Crippen molar-refractivity contribution in [3.63, 3.8) is 0 Å². The van der Waals surface area contributed by atoms with E-state index in [-0.39, 0.29) is 0 Å². The third-order valence-electron chi connectivity index (χ3n) is 3.43. The molecule has 0 spiro atoms. The molecule has 0 saturated carbocycles. The summed E-state index contributed by atoms with van der Waals surface area (Å²) >= 11 is 1.51. The molecule has 7 heteroatoms. The SMILES string of the molecule is C/C(=N\Nc1nc2c(OCCCC#N)cccc2s1)c1ccccn1. The van der Waals surface area contributed by atoms with E-state index in [0.717, 1.165) is 27.4 Å². The Morgan fingerprint density at radius 3 is 3.04 bits per heavy atom. The highest BCUT2D eigenvalue weighted by atomic mass is 32.1. The molecule has 6 nitrogen and oxygen atoms in total. The highest BCUT2D eigenvalue weighted by molar-refractivity contribution is 7.22. The highest BCUT2D eigenvalue weighted by Crippen LogP contribution is 2.32. The van der Waals surface area contributed by atoms with Crippen LogP contribution in [-0.2, 0) is 0 Å². The van der Waals surface area contributed by atoms with Crippen molar-refractivity contribution < 1.29 is 4.74 Å². The summed E-state index contributed by atoms with van der Waals surface area (Å²) in [6.45, 7) is 2.40. The minimum Gasteiger partial charge on any atom is -0.491 e. The van der Waals surface area contributed by atoms with Crippen molar-refractivity contribution in [3.8, 4) is 11.8 Å². The number of unbranched alkanes of at least 4 members (excludes halogenated alkanes) is 1. The lowest BCUT2D eigenvalue weighted by molar-refractivity contribution is 0.316. The van der Waals surface area contributed by atoms with Gasteiger partial charge < -0.3 is 4.74 Å². The molecule has 0 atom stereocenters. The van der Waals surface area contributed by atoms with Gasteiger partial charge >= 0.3 is 0 Å². The molecule has 0 aliphatic carbocycles. The van der Waals surface area contributed by atoms with Crippen molar-refractivity contribution in [2.75, 3.05) is 12.0 Å². The molecule has 0 aliphatic rings. The van der Waals surface area contributed by atoms with E-state index in [1.54, 1.807) is 6.20 Å². The molecule has 1 aromatic carbocycles. The predicted octanol–water partition coefficient (Wildman–Crippen LogP) is 4.21. The van der Waals surface area contributed by atoms with Crippen molar-refractivity contribution in [2.24, 2.45) is 5.10 Å². The summed E-state index contributed by atoms with van der Waals surface area (Å²) in [5, 5.41) is 13.6. The number of nitriles is 1. The van der Waals surface area contributed by atoms with E-state index < -0.39 is 0 Å². The minimum absolute atomic E-state index is 0.487. The third-order valence-corrected chi connectivity index (χ3v) is 4.35. The number of benzene rings is 1. The number of hydrazone groups is 1. The fraction of sp³-hybridized carbons (Fsp3) is 0.222. The molecule has 1 N–H and O–H groups in total. The second-order valence-electron chi connectivity index (χ2n) is 5.26. The maximum atomic E-state index is 8.58. The van der Waals surface area contributed by atoms with Crippen LogP contribution in [0.3, 0.4) is 0 Å². The molecular weight excluding hydrogens is 334 g/mol. The lowest BCUT2D eigenvalue weighted by Gasteiger charge is -2.04. The van der Waals surface area contributed by atoms with Crippen LogP contribution in [0, 0.1) is 11.3 Å². The van der Waals surface area contributed by atoms with Crippen LogP contribution in [0.4, 0.5) is 5.13 Å². The second-order valence-corrected chi connectivity index (χ2v) is 6.29. The average molecular weight is 351 g/mol. The number of aromatic nitrogens is 2. The molecule has 2 heterocycles. The first-order valence-corrected chi connectivity index (χ1v) is 8.70. The topological polar surface area (TPSA) is 83.2 Å². The number of anilines is 1. The van der Waals surface area contributed by atoms with Crippen LogP contribution in [0.15, 0.2) is 47.7 Å². The number of pyridine rings is 1. The quantitative estimate of drug-likeness (QED) is 0.392. The largest absolute Gasteiger partial charge is 0.491 e. The average Bonchev–Trinajstić information content (AvgIpc) is 3.08. The number of nitrogens with zero attached hydrogens (tertiary/aromatic N) is 4. The van der Waals surface area contributed by atoms with E-state index in [9.17, 15) is 0 Å². The molecule has 0 radical (unpaired) electrons. The Morgan fingerprint density at radius 1 is 1.32 bits per heavy atom. The molecule has 3 aromatic rings. The fourth-order valence-corrected chi connectivity index (χ4v) is 3.01. The van der Waals surface area contributed by atoms with Gasteiger partial charge in [0.2, 0.25) is 5.13 Å². The Kier molecular flexibility index (Phi) is 5.54. The number of para-hydroxylation sites is 1. The number of thiazole rings is 1. The van der Waals surface area contributed by atoms with Crippen LogP contribution in [-0.4, -0.2) is 22.3 Å². The molecule has 0 unspecified atom stereocenters.